The van der Waals surface area contributed by atoms with E-state index in [1.807, 2.05) is 18.4 Å². The molecule has 1 fully saturated rings. The van der Waals surface area contributed by atoms with E-state index >= 15 is 0 Å². The lowest BCUT2D eigenvalue weighted by molar-refractivity contribution is 0.186. The van der Waals surface area contributed by atoms with Crippen molar-refractivity contribution in [1.82, 2.24) is 10.3 Å². The zero-order valence-corrected chi connectivity index (χ0v) is 11.1. The molecule has 16 heavy (non-hydrogen) atoms. The van der Waals surface area contributed by atoms with E-state index in [1.54, 1.807) is 0 Å². The minimum absolute atomic E-state index is 0.408. The van der Waals surface area contributed by atoms with E-state index in [-0.39, 0.29) is 0 Å². The first-order chi connectivity index (χ1) is 7.70. The molecule has 0 spiro atoms. The summed E-state index contributed by atoms with van der Waals surface area (Å²) >= 11 is 1.85. The average Bonchev–Trinajstić information content (AvgIpc) is 2.88. The van der Waals surface area contributed by atoms with E-state index in [2.05, 4.69) is 24.1 Å². The van der Waals surface area contributed by atoms with E-state index in [0.717, 1.165) is 19.6 Å². The quantitative estimate of drug-likeness (QED) is 0.877. The lowest BCUT2D eigenvalue weighted by Gasteiger charge is -2.07. The summed E-state index contributed by atoms with van der Waals surface area (Å²) in [7, 11) is 1.99. The molecule has 0 radical (unpaired) electrons. The van der Waals surface area contributed by atoms with Crippen molar-refractivity contribution in [2.45, 2.75) is 32.7 Å². The molecule has 0 aromatic carbocycles. The predicted octanol–water partition coefficient (Wildman–Crippen LogP) is 2.31. The van der Waals surface area contributed by atoms with Gasteiger partial charge in [-0.1, -0.05) is 0 Å². The van der Waals surface area contributed by atoms with Gasteiger partial charge in [-0.3, -0.25) is 0 Å². The zero-order chi connectivity index (χ0) is 11.5. The van der Waals surface area contributed by atoms with Gasteiger partial charge in [0.05, 0.1) is 10.7 Å². The van der Waals surface area contributed by atoms with Gasteiger partial charge in [0.2, 0.25) is 0 Å². The molecule has 1 aliphatic rings. The number of nitrogens with zero attached hydrogens (tertiary/aromatic N) is 1. The molecular weight excluding hydrogens is 220 g/mol. The fraction of sp³-hybridized carbons (Fsp3) is 0.750. The monoisotopic (exact) mass is 240 g/mol. The van der Waals surface area contributed by atoms with Crippen LogP contribution in [0.5, 0.6) is 0 Å². The number of thiazole rings is 1. The van der Waals surface area contributed by atoms with Crippen LogP contribution in [0.2, 0.25) is 0 Å². The number of rotatable bonds is 4. The van der Waals surface area contributed by atoms with Gasteiger partial charge in [0.15, 0.2) is 0 Å². The van der Waals surface area contributed by atoms with Crippen molar-refractivity contribution in [3.05, 3.63) is 15.6 Å². The Hall–Kier alpha value is -0.450. The van der Waals surface area contributed by atoms with Crippen molar-refractivity contribution in [1.29, 1.82) is 0 Å². The third-order valence-electron chi connectivity index (χ3n) is 3.19. The minimum atomic E-state index is 0.408. The Balaban J connectivity index is 2.04. The first-order valence-electron chi connectivity index (χ1n) is 5.92. The fourth-order valence-electron chi connectivity index (χ4n) is 2.08. The molecule has 3 nitrogen and oxygen atoms in total. The van der Waals surface area contributed by atoms with Gasteiger partial charge in [-0.15, -0.1) is 11.3 Å². The van der Waals surface area contributed by atoms with Crippen LogP contribution in [-0.2, 0) is 11.2 Å². The number of aromatic nitrogens is 1. The summed E-state index contributed by atoms with van der Waals surface area (Å²) in [6.45, 7) is 6.13. The number of hydrogen-bond donors (Lipinski definition) is 1. The van der Waals surface area contributed by atoms with Crippen molar-refractivity contribution < 1.29 is 4.74 Å². The maximum atomic E-state index is 5.40. The maximum Gasteiger partial charge on any atom is 0.0935 e. The second-order valence-corrected chi connectivity index (χ2v) is 5.62. The Morgan fingerprint density at radius 3 is 3.06 bits per heavy atom. The summed E-state index contributed by atoms with van der Waals surface area (Å²) in [4.78, 5) is 6.04. The molecule has 0 bridgehead atoms. The summed E-state index contributed by atoms with van der Waals surface area (Å²) in [5.41, 5.74) is 1.18. The van der Waals surface area contributed by atoms with Crippen LogP contribution in [-0.4, -0.2) is 25.2 Å². The van der Waals surface area contributed by atoms with E-state index in [1.165, 1.54) is 22.0 Å². The first-order valence-corrected chi connectivity index (χ1v) is 6.73. The normalized spacial score (nSPS) is 22.6. The highest BCUT2D eigenvalue weighted by Gasteiger charge is 2.19. The van der Waals surface area contributed by atoms with Crippen LogP contribution < -0.4 is 5.32 Å². The van der Waals surface area contributed by atoms with Gasteiger partial charge in [-0.2, -0.15) is 0 Å². The zero-order valence-electron chi connectivity index (χ0n) is 10.2. The molecule has 1 aromatic rings. The molecular formula is C12H20N2OS. The second-order valence-electron chi connectivity index (χ2n) is 4.50. The van der Waals surface area contributed by atoms with Gasteiger partial charge in [0.25, 0.3) is 0 Å². The van der Waals surface area contributed by atoms with Crippen molar-refractivity contribution in [3.8, 4) is 0 Å². The lowest BCUT2D eigenvalue weighted by atomic mass is 10.1. The highest BCUT2D eigenvalue weighted by molar-refractivity contribution is 7.11. The second kappa shape index (κ2) is 5.25. The lowest BCUT2D eigenvalue weighted by Crippen LogP contribution is -2.11. The van der Waals surface area contributed by atoms with E-state index in [0.29, 0.717) is 12.0 Å². The van der Waals surface area contributed by atoms with E-state index in [4.69, 9.17) is 4.74 Å². The average molecular weight is 240 g/mol. The number of ether oxygens (including phenoxy) is 1. The fourth-order valence-corrected chi connectivity index (χ4v) is 3.32. The van der Waals surface area contributed by atoms with Crippen molar-refractivity contribution in [3.63, 3.8) is 0 Å². The van der Waals surface area contributed by atoms with Gasteiger partial charge in [0.1, 0.15) is 0 Å². The predicted molar refractivity (Wildman–Crippen MR) is 67.0 cm³/mol. The smallest absolute Gasteiger partial charge is 0.0935 e. The Bertz CT molecular complexity index is 345. The molecule has 1 N–H and O–H groups in total. The molecule has 2 atom stereocenters. The molecule has 0 saturated carbocycles. The summed E-state index contributed by atoms with van der Waals surface area (Å²) in [5.74, 6) is 0.684. The summed E-state index contributed by atoms with van der Waals surface area (Å²) in [6, 6.07) is 0.408. The van der Waals surface area contributed by atoms with Gasteiger partial charge < -0.3 is 10.1 Å². The van der Waals surface area contributed by atoms with Gasteiger partial charge >= 0.3 is 0 Å². The number of nitrogens with one attached hydrogen (secondary N) is 1. The summed E-state index contributed by atoms with van der Waals surface area (Å²) in [5, 5.41) is 4.54. The maximum absolute atomic E-state index is 5.40. The largest absolute Gasteiger partial charge is 0.381 e. The van der Waals surface area contributed by atoms with Gasteiger partial charge in [-0.25, -0.2) is 4.98 Å². The summed E-state index contributed by atoms with van der Waals surface area (Å²) < 4.78 is 5.40. The SMILES string of the molecule is CNC(C)c1sc(CC2CCOC2)nc1C. The van der Waals surface area contributed by atoms with Crippen LogP contribution in [0.25, 0.3) is 0 Å². The van der Waals surface area contributed by atoms with Crippen LogP contribution in [0, 0.1) is 12.8 Å². The van der Waals surface area contributed by atoms with Crippen molar-refractivity contribution >= 4 is 11.3 Å². The Labute approximate surface area is 101 Å². The Morgan fingerprint density at radius 2 is 2.44 bits per heavy atom. The summed E-state index contributed by atoms with van der Waals surface area (Å²) in [6.07, 6.45) is 2.28. The van der Waals surface area contributed by atoms with Crippen LogP contribution >= 0.6 is 11.3 Å². The molecule has 90 valence electrons. The van der Waals surface area contributed by atoms with Gasteiger partial charge in [0, 0.05) is 30.6 Å². The molecule has 1 aliphatic heterocycles. The molecule has 2 heterocycles. The van der Waals surface area contributed by atoms with Crippen LogP contribution in [0.3, 0.4) is 0 Å². The van der Waals surface area contributed by atoms with Crippen molar-refractivity contribution in [2.24, 2.45) is 5.92 Å². The molecule has 1 aromatic heterocycles. The third kappa shape index (κ3) is 2.62. The van der Waals surface area contributed by atoms with Crippen LogP contribution in [0.1, 0.15) is 35.0 Å². The minimum Gasteiger partial charge on any atom is -0.381 e. The highest BCUT2D eigenvalue weighted by atomic mass is 32.1. The molecule has 0 aliphatic carbocycles. The standard InChI is InChI=1S/C12H20N2OS/c1-8(13-3)12-9(2)14-11(16-12)6-10-4-5-15-7-10/h8,10,13H,4-7H2,1-3H3. The Morgan fingerprint density at radius 1 is 1.62 bits per heavy atom. The van der Waals surface area contributed by atoms with Crippen LogP contribution in [0.4, 0.5) is 0 Å². The molecule has 2 unspecified atom stereocenters. The van der Waals surface area contributed by atoms with Crippen LogP contribution in [0.15, 0.2) is 0 Å². The van der Waals surface area contributed by atoms with Crippen molar-refractivity contribution in [2.75, 3.05) is 20.3 Å². The van der Waals surface area contributed by atoms with Gasteiger partial charge in [-0.05, 0) is 33.2 Å². The third-order valence-corrected chi connectivity index (χ3v) is 4.55. The topological polar surface area (TPSA) is 34.1 Å². The Kier molecular flexibility index (Phi) is 3.95. The molecule has 1 saturated heterocycles. The molecule has 0 amide bonds. The van der Waals surface area contributed by atoms with E-state index in [9.17, 15) is 0 Å². The molecule has 4 heteroatoms. The molecule has 2 rings (SSSR count). The van der Waals surface area contributed by atoms with E-state index < -0.39 is 0 Å². The first kappa shape index (κ1) is 12.0. The highest BCUT2D eigenvalue weighted by Crippen LogP contribution is 2.27. The number of hydrogen-bond acceptors (Lipinski definition) is 4. The number of aryl methyl sites for hydroxylation is 1.